The van der Waals surface area contributed by atoms with Crippen molar-refractivity contribution in [2.45, 2.75) is 70.7 Å². The van der Waals surface area contributed by atoms with E-state index in [2.05, 4.69) is 90.3 Å². The molecule has 5 rings (SSSR count). The molecule has 0 saturated carbocycles. The summed E-state index contributed by atoms with van der Waals surface area (Å²) in [6.45, 7) is 10.1. The second-order valence-electron chi connectivity index (χ2n) is 11.5. The van der Waals surface area contributed by atoms with E-state index in [0.29, 0.717) is 13.1 Å². The van der Waals surface area contributed by atoms with Crippen molar-refractivity contribution in [1.29, 1.82) is 0 Å². The zero-order valence-electron chi connectivity index (χ0n) is 22.5. The number of aromatic nitrogens is 1. The summed E-state index contributed by atoms with van der Waals surface area (Å²) < 4.78 is 9.02. The minimum absolute atomic E-state index is 0.0729. The summed E-state index contributed by atoms with van der Waals surface area (Å²) in [5.74, 6) is 0.886. The van der Waals surface area contributed by atoms with Crippen molar-refractivity contribution in [2.24, 2.45) is 0 Å². The third-order valence-electron chi connectivity index (χ3n) is 7.33. The number of carbonyl (C=O) groups is 1. The summed E-state index contributed by atoms with van der Waals surface area (Å²) in [4.78, 5) is 16.7. The molecular weight excluding hydrogens is 478 g/mol. The van der Waals surface area contributed by atoms with E-state index in [1.807, 2.05) is 24.3 Å². The van der Waals surface area contributed by atoms with Gasteiger partial charge in [-0.3, -0.25) is 4.79 Å². The van der Waals surface area contributed by atoms with Gasteiger partial charge in [0.2, 0.25) is 0 Å². The van der Waals surface area contributed by atoms with Crippen molar-refractivity contribution in [3.8, 4) is 5.75 Å². The third-order valence-corrected chi connectivity index (χ3v) is 8.18. The number of amides is 1. The largest absolute Gasteiger partial charge is 0.496 e. The second-order valence-corrected chi connectivity index (χ2v) is 12.4. The Labute approximate surface area is 224 Å². The monoisotopic (exact) mass is 515 g/mol. The molecule has 1 aliphatic rings. The average Bonchev–Trinajstić information content (AvgIpc) is 3.44. The Hall–Kier alpha value is -3.09. The van der Waals surface area contributed by atoms with Crippen LogP contribution in [0.25, 0.3) is 10.2 Å². The van der Waals surface area contributed by atoms with Gasteiger partial charge < -0.3 is 19.5 Å². The lowest BCUT2D eigenvalue weighted by Gasteiger charge is -2.49. The van der Waals surface area contributed by atoms with Gasteiger partial charge in [0.1, 0.15) is 11.4 Å². The van der Waals surface area contributed by atoms with Crippen LogP contribution in [0, 0.1) is 0 Å². The first kappa shape index (κ1) is 25.6. The molecule has 0 aliphatic carbocycles. The van der Waals surface area contributed by atoms with Crippen molar-refractivity contribution < 1.29 is 9.53 Å². The van der Waals surface area contributed by atoms with E-state index < -0.39 is 0 Å². The van der Waals surface area contributed by atoms with Crippen LogP contribution in [-0.4, -0.2) is 39.6 Å². The van der Waals surface area contributed by atoms with Crippen LogP contribution in [0.4, 0.5) is 0 Å². The number of carbonyl (C=O) groups excluding carboxylic acids is 1. The highest BCUT2D eigenvalue weighted by Gasteiger charge is 2.42. The fraction of sp³-hybridized carbons (Fsp3) is 0.387. The molecule has 37 heavy (non-hydrogen) atoms. The molecule has 2 aromatic carbocycles. The Morgan fingerprint density at radius 1 is 1.03 bits per heavy atom. The minimum atomic E-state index is -0.0852. The molecule has 5 nitrogen and oxygen atoms in total. The number of ether oxygens (including phenoxy) is 1. The summed E-state index contributed by atoms with van der Waals surface area (Å²) in [6, 6.07) is 22.7. The lowest BCUT2D eigenvalue weighted by atomic mass is 9.78. The van der Waals surface area contributed by atoms with Crippen molar-refractivity contribution in [1.82, 2.24) is 14.8 Å². The Kier molecular flexibility index (Phi) is 6.90. The van der Waals surface area contributed by atoms with Gasteiger partial charge in [-0.1, -0.05) is 48.5 Å². The number of methoxy groups -OCH3 is 1. The van der Waals surface area contributed by atoms with E-state index in [4.69, 9.17) is 4.74 Å². The first-order chi connectivity index (χ1) is 17.7. The molecule has 0 spiro atoms. The fourth-order valence-electron chi connectivity index (χ4n) is 6.11. The van der Waals surface area contributed by atoms with Gasteiger partial charge >= 0.3 is 0 Å². The minimum Gasteiger partial charge on any atom is -0.496 e. The first-order valence-electron chi connectivity index (χ1n) is 13.0. The maximum absolute atomic E-state index is 14.6. The number of thiophene rings is 1. The predicted molar refractivity (Wildman–Crippen MR) is 153 cm³/mol. The summed E-state index contributed by atoms with van der Waals surface area (Å²) >= 11 is 1.69. The first-order valence-corrected chi connectivity index (χ1v) is 13.9. The van der Waals surface area contributed by atoms with Gasteiger partial charge in [0, 0.05) is 35.8 Å². The summed E-state index contributed by atoms with van der Waals surface area (Å²) in [5, 5.41) is 5.88. The number of fused-ring (bicyclic) bond motifs is 1. The topological polar surface area (TPSA) is 46.5 Å². The van der Waals surface area contributed by atoms with Gasteiger partial charge in [0.25, 0.3) is 5.91 Å². The molecule has 2 aromatic heterocycles. The van der Waals surface area contributed by atoms with E-state index in [1.165, 1.54) is 5.56 Å². The van der Waals surface area contributed by atoms with Gasteiger partial charge in [0.15, 0.2) is 0 Å². The van der Waals surface area contributed by atoms with E-state index in [-0.39, 0.29) is 23.0 Å². The average molecular weight is 516 g/mol. The van der Waals surface area contributed by atoms with Crippen molar-refractivity contribution in [3.63, 3.8) is 0 Å². The van der Waals surface area contributed by atoms with E-state index in [0.717, 1.165) is 40.1 Å². The van der Waals surface area contributed by atoms with Gasteiger partial charge in [-0.25, -0.2) is 0 Å². The summed E-state index contributed by atoms with van der Waals surface area (Å²) in [7, 11) is 1.70. The highest BCUT2D eigenvalue weighted by atomic mass is 32.1. The lowest BCUT2D eigenvalue weighted by Crippen LogP contribution is -2.62. The zero-order chi connectivity index (χ0) is 26.2. The van der Waals surface area contributed by atoms with Gasteiger partial charge in [-0.15, -0.1) is 11.3 Å². The molecular formula is C31H37N3O2S. The number of hydrogen-bond acceptors (Lipinski definition) is 4. The molecule has 0 atom stereocenters. The molecule has 0 unspecified atom stereocenters. The van der Waals surface area contributed by atoms with Crippen molar-refractivity contribution in [3.05, 3.63) is 88.9 Å². The number of piperidine rings is 1. The van der Waals surface area contributed by atoms with Gasteiger partial charge in [0.05, 0.1) is 17.3 Å². The summed E-state index contributed by atoms with van der Waals surface area (Å²) in [5.41, 5.74) is 3.89. The number of hydrogen-bond donors (Lipinski definition) is 1. The number of para-hydroxylation sites is 1. The van der Waals surface area contributed by atoms with Crippen molar-refractivity contribution in [2.75, 3.05) is 7.11 Å². The van der Waals surface area contributed by atoms with Crippen LogP contribution >= 0.6 is 11.3 Å². The SMILES string of the molecule is COc1ccccc1CN(C(=O)c1cc2sccc2n1Cc1ccccc1)C1CC(C)(C)NC(C)(C)C1. The third kappa shape index (κ3) is 5.46. The normalized spacial score (nSPS) is 17.1. The molecule has 194 valence electrons. The van der Waals surface area contributed by atoms with E-state index in [1.54, 1.807) is 18.4 Å². The molecule has 1 N–H and O–H groups in total. The molecule has 0 radical (unpaired) electrons. The van der Waals surface area contributed by atoms with Crippen LogP contribution in [0.3, 0.4) is 0 Å². The Morgan fingerprint density at radius 3 is 2.41 bits per heavy atom. The number of nitrogens with one attached hydrogen (secondary N) is 1. The quantitative estimate of drug-likeness (QED) is 0.297. The van der Waals surface area contributed by atoms with Crippen LogP contribution in [0.15, 0.2) is 72.1 Å². The highest BCUT2D eigenvalue weighted by molar-refractivity contribution is 7.17. The second kappa shape index (κ2) is 9.99. The molecule has 1 saturated heterocycles. The predicted octanol–water partition coefficient (Wildman–Crippen LogP) is 6.71. The zero-order valence-corrected chi connectivity index (χ0v) is 23.3. The van der Waals surface area contributed by atoms with Gasteiger partial charge in [-0.05, 0) is 69.7 Å². The van der Waals surface area contributed by atoms with Gasteiger partial charge in [-0.2, -0.15) is 0 Å². The number of rotatable bonds is 7. The molecule has 4 aromatic rings. The standard InChI is InChI=1S/C31H37N3O2S/c1-30(2)18-24(19-31(3,4)32-30)33(21-23-13-9-10-14-27(23)36-5)29(35)26-17-28-25(15-16-37-28)34(26)20-22-11-7-6-8-12-22/h6-17,24,32H,18-21H2,1-5H3. The molecule has 1 fully saturated rings. The van der Waals surface area contributed by atoms with Crippen LogP contribution < -0.4 is 10.1 Å². The van der Waals surface area contributed by atoms with Crippen LogP contribution in [0.2, 0.25) is 0 Å². The highest BCUT2D eigenvalue weighted by Crippen LogP contribution is 2.35. The molecule has 1 amide bonds. The smallest absolute Gasteiger partial charge is 0.271 e. The van der Waals surface area contributed by atoms with Crippen LogP contribution in [-0.2, 0) is 13.1 Å². The Balaban J connectivity index is 1.58. The summed E-state index contributed by atoms with van der Waals surface area (Å²) in [6.07, 6.45) is 1.76. The molecule has 6 heteroatoms. The Bertz CT molecular complexity index is 1370. The maximum Gasteiger partial charge on any atom is 0.271 e. The van der Waals surface area contributed by atoms with Crippen LogP contribution in [0.1, 0.15) is 62.2 Å². The Morgan fingerprint density at radius 2 is 1.70 bits per heavy atom. The lowest BCUT2D eigenvalue weighted by molar-refractivity contribution is 0.0409. The number of nitrogens with zero attached hydrogens (tertiary/aromatic N) is 2. The maximum atomic E-state index is 14.6. The van der Waals surface area contributed by atoms with Crippen LogP contribution in [0.5, 0.6) is 5.75 Å². The molecule has 1 aliphatic heterocycles. The molecule has 0 bridgehead atoms. The van der Waals surface area contributed by atoms with E-state index in [9.17, 15) is 4.79 Å². The number of benzene rings is 2. The van der Waals surface area contributed by atoms with Crippen molar-refractivity contribution >= 4 is 27.5 Å². The fourth-order valence-corrected chi connectivity index (χ4v) is 6.93. The molecule has 3 heterocycles. The van der Waals surface area contributed by atoms with E-state index >= 15 is 0 Å².